The normalized spacial score (nSPS) is 17.1. The van der Waals surface area contributed by atoms with E-state index in [4.69, 9.17) is 0 Å². The monoisotopic (exact) mass is 186 g/mol. The minimum Gasteiger partial charge on any atom is -0.390 e. The van der Waals surface area contributed by atoms with Gasteiger partial charge in [0, 0.05) is 0 Å². The summed E-state index contributed by atoms with van der Waals surface area (Å²) in [6.45, 7) is 10.8. The van der Waals surface area contributed by atoms with Gasteiger partial charge in [-0.05, 0) is 31.6 Å². The minimum atomic E-state index is -0.431. The fourth-order valence-electron chi connectivity index (χ4n) is 1.66. The average Bonchev–Trinajstić information content (AvgIpc) is 1.82. The van der Waals surface area contributed by atoms with Gasteiger partial charge in [0.2, 0.25) is 0 Å². The van der Waals surface area contributed by atoms with E-state index in [1.165, 1.54) is 6.42 Å². The zero-order valence-electron chi connectivity index (χ0n) is 9.98. The van der Waals surface area contributed by atoms with E-state index >= 15 is 0 Å². The zero-order chi connectivity index (χ0) is 10.5. The van der Waals surface area contributed by atoms with Crippen molar-refractivity contribution in [3.8, 4) is 0 Å². The molecule has 0 amide bonds. The summed E-state index contributed by atoms with van der Waals surface area (Å²) in [5, 5.41) is 9.91. The molecule has 0 saturated carbocycles. The maximum atomic E-state index is 9.91. The molecule has 1 nitrogen and oxygen atoms in total. The maximum absolute atomic E-state index is 9.91. The largest absolute Gasteiger partial charge is 0.390 e. The molecule has 0 bridgehead atoms. The first-order chi connectivity index (χ1) is 5.77. The third-order valence-electron chi connectivity index (χ3n) is 2.43. The fourth-order valence-corrected chi connectivity index (χ4v) is 1.66. The molecule has 1 N–H and O–H groups in total. The van der Waals surface area contributed by atoms with Gasteiger partial charge in [0.1, 0.15) is 0 Å². The Hall–Kier alpha value is -0.0400. The third-order valence-corrected chi connectivity index (χ3v) is 2.43. The zero-order valence-corrected chi connectivity index (χ0v) is 9.98. The van der Waals surface area contributed by atoms with Gasteiger partial charge in [-0.2, -0.15) is 0 Å². The molecule has 0 radical (unpaired) electrons. The first-order valence-corrected chi connectivity index (χ1v) is 5.49. The Labute approximate surface area is 83.5 Å². The highest BCUT2D eigenvalue weighted by molar-refractivity contribution is 4.73. The van der Waals surface area contributed by atoms with E-state index in [-0.39, 0.29) is 0 Å². The highest BCUT2D eigenvalue weighted by Crippen LogP contribution is 2.26. The summed E-state index contributed by atoms with van der Waals surface area (Å²) >= 11 is 0. The lowest BCUT2D eigenvalue weighted by atomic mass is 9.86. The van der Waals surface area contributed by atoms with Crippen molar-refractivity contribution in [2.75, 3.05) is 0 Å². The summed E-state index contributed by atoms with van der Waals surface area (Å²) in [7, 11) is 0. The second kappa shape index (κ2) is 4.99. The highest BCUT2D eigenvalue weighted by Gasteiger charge is 2.19. The first-order valence-electron chi connectivity index (χ1n) is 5.49. The number of rotatable bonds is 5. The van der Waals surface area contributed by atoms with E-state index in [0.29, 0.717) is 5.41 Å². The van der Waals surface area contributed by atoms with Gasteiger partial charge in [-0.15, -0.1) is 0 Å². The third kappa shape index (κ3) is 8.29. The highest BCUT2D eigenvalue weighted by atomic mass is 16.3. The molecule has 13 heavy (non-hydrogen) atoms. The summed E-state index contributed by atoms with van der Waals surface area (Å²) in [4.78, 5) is 0. The predicted octanol–water partition coefficient (Wildman–Crippen LogP) is 3.75. The molecular weight excluding hydrogens is 160 g/mol. The van der Waals surface area contributed by atoms with Gasteiger partial charge < -0.3 is 5.11 Å². The van der Waals surface area contributed by atoms with Crippen LogP contribution in [0.15, 0.2) is 0 Å². The Morgan fingerprint density at radius 2 is 1.46 bits per heavy atom. The van der Waals surface area contributed by atoms with E-state index in [9.17, 15) is 5.11 Å². The van der Waals surface area contributed by atoms with E-state index in [1.54, 1.807) is 0 Å². The van der Waals surface area contributed by atoms with Crippen molar-refractivity contribution in [1.29, 1.82) is 0 Å². The van der Waals surface area contributed by atoms with Crippen molar-refractivity contribution >= 4 is 0 Å². The molecule has 0 heterocycles. The predicted molar refractivity (Wildman–Crippen MR) is 58.8 cm³/mol. The van der Waals surface area contributed by atoms with E-state index in [2.05, 4.69) is 27.7 Å². The molecule has 0 aliphatic rings. The quantitative estimate of drug-likeness (QED) is 0.693. The molecule has 0 rings (SSSR count). The van der Waals surface area contributed by atoms with E-state index in [1.807, 2.05) is 6.92 Å². The molecule has 0 aromatic rings. The van der Waals surface area contributed by atoms with Crippen LogP contribution < -0.4 is 0 Å². The molecule has 0 aliphatic heterocycles. The van der Waals surface area contributed by atoms with Gasteiger partial charge in [0.25, 0.3) is 0 Å². The lowest BCUT2D eigenvalue weighted by molar-refractivity contribution is 0.0364. The van der Waals surface area contributed by atoms with Crippen molar-refractivity contribution in [3.05, 3.63) is 0 Å². The van der Waals surface area contributed by atoms with Gasteiger partial charge in [-0.3, -0.25) is 0 Å². The van der Waals surface area contributed by atoms with Gasteiger partial charge in [0.05, 0.1) is 5.60 Å². The maximum Gasteiger partial charge on any atom is 0.0619 e. The average molecular weight is 186 g/mol. The standard InChI is InChI=1S/C12H26O/c1-6-8-12(5,13)10-7-9-11(2,3)4/h13H,6-10H2,1-5H3. The Kier molecular flexibility index (Phi) is 4.98. The molecule has 1 heteroatoms. The molecule has 80 valence electrons. The van der Waals surface area contributed by atoms with Crippen LogP contribution in [-0.4, -0.2) is 10.7 Å². The van der Waals surface area contributed by atoms with Crippen molar-refractivity contribution in [3.63, 3.8) is 0 Å². The van der Waals surface area contributed by atoms with Gasteiger partial charge in [-0.1, -0.05) is 40.5 Å². The van der Waals surface area contributed by atoms with Crippen molar-refractivity contribution in [1.82, 2.24) is 0 Å². The summed E-state index contributed by atoms with van der Waals surface area (Å²) in [5.74, 6) is 0. The van der Waals surface area contributed by atoms with Crippen LogP contribution in [0.5, 0.6) is 0 Å². The van der Waals surface area contributed by atoms with Crippen LogP contribution in [0.4, 0.5) is 0 Å². The molecule has 1 unspecified atom stereocenters. The van der Waals surface area contributed by atoms with Crippen molar-refractivity contribution in [2.45, 2.75) is 72.3 Å². The van der Waals surface area contributed by atoms with Gasteiger partial charge in [0.15, 0.2) is 0 Å². The summed E-state index contributed by atoms with van der Waals surface area (Å²) in [5.41, 5.74) is -0.0255. The van der Waals surface area contributed by atoms with E-state index < -0.39 is 5.60 Å². The van der Waals surface area contributed by atoms with Gasteiger partial charge >= 0.3 is 0 Å². The smallest absolute Gasteiger partial charge is 0.0619 e. The minimum absolute atomic E-state index is 0.405. The van der Waals surface area contributed by atoms with E-state index in [0.717, 1.165) is 25.7 Å². The molecule has 0 aromatic heterocycles. The molecule has 0 aliphatic carbocycles. The topological polar surface area (TPSA) is 20.2 Å². The Morgan fingerprint density at radius 3 is 1.85 bits per heavy atom. The second-order valence-electron chi connectivity index (χ2n) is 5.66. The lowest BCUT2D eigenvalue weighted by Crippen LogP contribution is -2.24. The van der Waals surface area contributed by atoms with Crippen molar-refractivity contribution in [2.24, 2.45) is 5.41 Å². The summed E-state index contributed by atoms with van der Waals surface area (Å²) < 4.78 is 0. The SMILES string of the molecule is CCCC(C)(O)CCCC(C)(C)C. The molecule has 0 aromatic carbocycles. The number of hydrogen-bond acceptors (Lipinski definition) is 1. The van der Waals surface area contributed by atoms with Crippen LogP contribution in [0.3, 0.4) is 0 Å². The molecule has 0 spiro atoms. The Bertz CT molecular complexity index is 131. The van der Waals surface area contributed by atoms with Crippen LogP contribution in [0, 0.1) is 5.41 Å². The van der Waals surface area contributed by atoms with Crippen molar-refractivity contribution < 1.29 is 5.11 Å². The molecule has 1 atom stereocenters. The fraction of sp³-hybridized carbons (Fsp3) is 1.00. The Balaban J connectivity index is 3.63. The Morgan fingerprint density at radius 1 is 0.923 bits per heavy atom. The first kappa shape index (κ1) is 13.0. The molecule has 0 saturated heterocycles. The molecular formula is C12H26O. The summed E-state index contributed by atoms with van der Waals surface area (Å²) in [6.07, 6.45) is 5.28. The van der Waals surface area contributed by atoms with Crippen LogP contribution in [0.1, 0.15) is 66.7 Å². The van der Waals surface area contributed by atoms with Crippen LogP contribution in [0.2, 0.25) is 0 Å². The van der Waals surface area contributed by atoms with Crippen LogP contribution >= 0.6 is 0 Å². The van der Waals surface area contributed by atoms with Crippen LogP contribution in [0.25, 0.3) is 0 Å². The molecule has 0 fully saturated rings. The van der Waals surface area contributed by atoms with Crippen LogP contribution in [-0.2, 0) is 0 Å². The summed E-state index contributed by atoms with van der Waals surface area (Å²) in [6, 6.07) is 0. The lowest BCUT2D eigenvalue weighted by Gasteiger charge is -2.25. The van der Waals surface area contributed by atoms with Gasteiger partial charge in [-0.25, -0.2) is 0 Å². The number of aliphatic hydroxyl groups is 1. The number of hydrogen-bond donors (Lipinski definition) is 1. The second-order valence-corrected chi connectivity index (χ2v) is 5.66.